The highest BCUT2D eigenvalue weighted by Gasteiger charge is 2.29. The van der Waals surface area contributed by atoms with Gasteiger partial charge in [0.1, 0.15) is 11.5 Å². The number of quaternary nitrogens is 1. The second-order valence-corrected chi connectivity index (χ2v) is 10.4. The van der Waals surface area contributed by atoms with Crippen LogP contribution >= 0.6 is 11.3 Å². The first-order valence-corrected chi connectivity index (χ1v) is 11.4. The summed E-state index contributed by atoms with van der Waals surface area (Å²) in [6.45, 7) is 1.75. The van der Waals surface area contributed by atoms with E-state index in [9.17, 15) is 18.0 Å². The van der Waals surface area contributed by atoms with Crippen LogP contribution in [-0.2, 0) is 23.0 Å². The normalized spacial score (nSPS) is 16.4. The van der Waals surface area contributed by atoms with E-state index < -0.39 is 10.0 Å². The van der Waals surface area contributed by atoms with Crippen LogP contribution in [0, 0.1) is 0 Å². The fourth-order valence-corrected chi connectivity index (χ4v) is 5.49. The van der Waals surface area contributed by atoms with Gasteiger partial charge in [-0.2, -0.15) is 0 Å². The molecule has 156 valence electrons. The SMILES string of the molecule is CNC(=O)c1c(NC(=O)c2ccc(S(=O)(=O)N(C)C)cc2)sc2c1CC[NH+](C)C2. The van der Waals surface area contributed by atoms with Crippen LogP contribution in [-0.4, -0.2) is 59.3 Å². The number of benzene rings is 1. The van der Waals surface area contributed by atoms with Crippen LogP contribution in [0.1, 0.15) is 31.2 Å². The molecule has 0 fully saturated rings. The molecule has 1 aliphatic rings. The second-order valence-electron chi connectivity index (χ2n) is 7.19. The number of nitrogens with one attached hydrogen (secondary N) is 3. The molecule has 0 bridgehead atoms. The first-order valence-electron chi connectivity index (χ1n) is 9.17. The Morgan fingerprint density at radius 2 is 1.79 bits per heavy atom. The Hall–Kier alpha value is -2.27. The monoisotopic (exact) mass is 437 g/mol. The van der Waals surface area contributed by atoms with Gasteiger partial charge in [-0.25, -0.2) is 12.7 Å². The molecule has 0 saturated heterocycles. The minimum Gasteiger partial charge on any atom is -0.355 e. The molecule has 2 heterocycles. The Balaban J connectivity index is 1.88. The number of thiophene rings is 1. The molecule has 3 rings (SSSR count). The molecule has 1 aromatic carbocycles. The van der Waals surface area contributed by atoms with Gasteiger partial charge in [-0.1, -0.05) is 0 Å². The molecule has 2 amide bonds. The lowest BCUT2D eigenvalue weighted by Crippen LogP contribution is -3.08. The number of nitrogens with zero attached hydrogens (tertiary/aromatic N) is 1. The maximum absolute atomic E-state index is 12.7. The molecule has 0 aliphatic carbocycles. The van der Waals surface area contributed by atoms with Gasteiger partial charge < -0.3 is 15.5 Å². The lowest BCUT2D eigenvalue weighted by molar-refractivity contribution is -0.895. The van der Waals surface area contributed by atoms with Crippen molar-refractivity contribution < 1.29 is 22.9 Å². The smallest absolute Gasteiger partial charge is 0.256 e. The van der Waals surface area contributed by atoms with Crippen LogP contribution in [0.3, 0.4) is 0 Å². The molecule has 29 heavy (non-hydrogen) atoms. The minimum atomic E-state index is -3.56. The molecular weight excluding hydrogens is 412 g/mol. The molecular formula is C19H25N4O4S2+. The van der Waals surface area contributed by atoms with Crippen molar-refractivity contribution in [1.29, 1.82) is 0 Å². The molecule has 8 nitrogen and oxygen atoms in total. The molecule has 1 aromatic heterocycles. The van der Waals surface area contributed by atoms with Gasteiger partial charge in [-0.3, -0.25) is 9.59 Å². The van der Waals surface area contributed by atoms with Gasteiger partial charge in [0.2, 0.25) is 10.0 Å². The summed E-state index contributed by atoms with van der Waals surface area (Å²) in [5.74, 6) is -0.604. The highest BCUT2D eigenvalue weighted by molar-refractivity contribution is 7.89. The van der Waals surface area contributed by atoms with Gasteiger partial charge in [0.15, 0.2) is 0 Å². The Kier molecular flexibility index (Phi) is 6.08. The van der Waals surface area contributed by atoms with E-state index in [4.69, 9.17) is 0 Å². The van der Waals surface area contributed by atoms with Crippen LogP contribution in [0.15, 0.2) is 29.2 Å². The van der Waals surface area contributed by atoms with Crippen molar-refractivity contribution in [3.63, 3.8) is 0 Å². The van der Waals surface area contributed by atoms with E-state index in [0.29, 0.717) is 16.1 Å². The Morgan fingerprint density at radius 1 is 1.14 bits per heavy atom. The zero-order valence-electron chi connectivity index (χ0n) is 16.8. The molecule has 0 saturated carbocycles. The van der Waals surface area contributed by atoms with Crippen molar-refractivity contribution in [3.8, 4) is 0 Å². The fourth-order valence-electron chi connectivity index (χ4n) is 3.24. The topological polar surface area (TPSA) is 100 Å². The van der Waals surface area contributed by atoms with Crippen LogP contribution in [0.4, 0.5) is 5.00 Å². The van der Waals surface area contributed by atoms with Gasteiger partial charge in [-0.05, 0) is 29.8 Å². The standard InChI is InChI=1S/C19H24N4O4S2/c1-20-18(25)16-14-9-10-23(4)11-15(14)28-19(16)21-17(24)12-5-7-13(8-6-12)29(26,27)22(2)3/h5-8H,9-11H2,1-4H3,(H,20,25)(H,21,24)/p+1. The number of likely N-dealkylation sites (N-methyl/N-ethyl adjacent to an activating group) is 1. The Morgan fingerprint density at radius 3 is 2.38 bits per heavy atom. The number of amides is 2. The van der Waals surface area contributed by atoms with E-state index in [2.05, 4.69) is 17.7 Å². The van der Waals surface area contributed by atoms with E-state index in [1.807, 2.05) is 0 Å². The van der Waals surface area contributed by atoms with E-state index in [1.165, 1.54) is 54.6 Å². The highest BCUT2D eigenvalue weighted by Crippen LogP contribution is 2.35. The quantitative estimate of drug-likeness (QED) is 0.621. The van der Waals surface area contributed by atoms with Crippen molar-refractivity contribution in [2.24, 2.45) is 0 Å². The van der Waals surface area contributed by atoms with Crippen LogP contribution in [0.5, 0.6) is 0 Å². The fraction of sp³-hybridized carbons (Fsp3) is 0.368. The van der Waals surface area contributed by atoms with E-state index in [-0.39, 0.29) is 16.7 Å². The number of rotatable bonds is 5. The summed E-state index contributed by atoms with van der Waals surface area (Å²) < 4.78 is 25.5. The number of carbonyl (C=O) groups is 2. The van der Waals surface area contributed by atoms with Gasteiger partial charge in [0, 0.05) is 33.1 Å². The molecule has 0 spiro atoms. The maximum atomic E-state index is 12.7. The average molecular weight is 438 g/mol. The summed E-state index contributed by atoms with van der Waals surface area (Å²) in [7, 11) is 3.02. The lowest BCUT2D eigenvalue weighted by Gasteiger charge is -2.19. The number of carbonyl (C=O) groups excluding carboxylic acids is 2. The summed E-state index contributed by atoms with van der Waals surface area (Å²) in [6, 6.07) is 5.75. The second kappa shape index (κ2) is 8.23. The summed E-state index contributed by atoms with van der Waals surface area (Å²) in [5.41, 5.74) is 1.85. The first-order chi connectivity index (χ1) is 13.6. The molecule has 3 N–H and O–H groups in total. The zero-order valence-corrected chi connectivity index (χ0v) is 18.5. The summed E-state index contributed by atoms with van der Waals surface area (Å²) in [5, 5.41) is 6.03. The van der Waals surface area contributed by atoms with Gasteiger partial charge >= 0.3 is 0 Å². The zero-order chi connectivity index (χ0) is 21.3. The first kappa shape index (κ1) is 21.4. The number of anilines is 1. The minimum absolute atomic E-state index is 0.114. The predicted molar refractivity (Wildman–Crippen MR) is 112 cm³/mol. The van der Waals surface area contributed by atoms with Crippen LogP contribution < -0.4 is 15.5 Å². The summed E-state index contributed by atoms with van der Waals surface area (Å²) in [4.78, 5) is 27.8. The summed E-state index contributed by atoms with van der Waals surface area (Å²) >= 11 is 1.43. The molecule has 1 unspecified atom stereocenters. The third-order valence-electron chi connectivity index (χ3n) is 4.93. The van der Waals surface area contributed by atoms with Crippen LogP contribution in [0.2, 0.25) is 0 Å². The van der Waals surface area contributed by atoms with Crippen molar-refractivity contribution in [2.75, 3.05) is 40.1 Å². The van der Waals surface area contributed by atoms with Gasteiger partial charge in [-0.15, -0.1) is 11.3 Å². The van der Waals surface area contributed by atoms with Crippen molar-refractivity contribution >= 4 is 38.2 Å². The maximum Gasteiger partial charge on any atom is 0.256 e. The number of hydrogen-bond donors (Lipinski definition) is 3. The van der Waals surface area contributed by atoms with Crippen molar-refractivity contribution in [3.05, 3.63) is 45.8 Å². The average Bonchev–Trinajstić information content (AvgIpc) is 3.04. The lowest BCUT2D eigenvalue weighted by atomic mass is 10.0. The Bertz CT molecular complexity index is 1040. The Labute approximate surface area is 174 Å². The highest BCUT2D eigenvalue weighted by atomic mass is 32.2. The number of sulfonamides is 1. The molecule has 10 heteroatoms. The van der Waals surface area contributed by atoms with E-state index in [1.54, 1.807) is 7.05 Å². The molecule has 2 aromatic rings. The third kappa shape index (κ3) is 4.20. The molecule has 1 atom stereocenters. The van der Waals surface area contributed by atoms with Gasteiger partial charge in [0.25, 0.3) is 11.8 Å². The largest absolute Gasteiger partial charge is 0.355 e. The summed E-state index contributed by atoms with van der Waals surface area (Å²) in [6.07, 6.45) is 0.785. The van der Waals surface area contributed by atoms with E-state index in [0.717, 1.165) is 34.3 Å². The third-order valence-corrected chi connectivity index (χ3v) is 7.91. The molecule has 1 aliphatic heterocycles. The van der Waals surface area contributed by atoms with Crippen molar-refractivity contribution in [1.82, 2.24) is 9.62 Å². The number of hydrogen-bond acceptors (Lipinski definition) is 5. The molecule has 0 radical (unpaired) electrons. The number of fused-ring (bicyclic) bond motifs is 1. The predicted octanol–water partition coefficient (Wildman–Crippen LogP) is 0.181. The van der Waals surface area contributed by atoms with Crippen LogP contribution in [0.25, 0.3) is 0 Å². The van der Waals surface area contributed by atoms with E-state index >= 15 is 0 Å². The van der Waals surface area contributed by atoms with Gasteiger partial charge in [0.05, 0.1) is 28.9 Å². The van der Waals surface area contributed by atoms with Crippen molar-refractivity contribution in [2.45, 2.75) is 17.9 Å².